The van der Waals surface area contributed by atoms with Gasteiger partial charge < -0.3 is 15.5 Å². The van der Waals surface area contributed by atoms with E-state index < -0.39 is 0 Å². The molecule has 7 nitrogen and oxygen atoms in total. The third-order valence-corrected chi connectivity index (χ3v) is 6.38. The fraction of sp³-hybridized carbons (Fsp3) is 0.571. The Morgan fingerprint density at radius 3 is 2.45 bits per heavy atom. The van der Waals surface area contributed by atoms with E-state index in [4.69, 9.17) is 17.3 Å². The molecule has 3 amide bonds. The molecule has 2 N–H and O–H groups in total. The van der Waals surface area contributed by atoms with Crippen molar-refractivity contribution >= 4 is 29.3 Å². The maximum absolute atomic E-state index is 12.9. The number of carbonyl (C=O) groups excluding carboxylic acids is 3. The fourth-order valence-electron chi connectivity index (χ4n) is 4.11. The van der Waals surface area contributed by atoms with Gasteiger partial charge in [0.2, 0.25) is 17.7 Å². The molecule has 2 saturated heterocycles. The first-order chi connectivity index (χ1) is 13.9. The summed E-state index contributed by atoms with van der Waals surface area (Å²) in [5, 5.41) is 0.606. The molecule has 158 valence electrons. The van der Waals surface area contributed by atoms with Crippen LogP contribution in [0.3, 0.4) is 0 Å². The van der Waals surface area contributed by atoms with E-state index in [1.54, 1.807) is 11.0 Å². The number of carbonyl (C=O) groups is 3. The number of piperazine rings is 1. The smallest absolute Gasteiger partial charge is 0.239 e. The number of rotatable bonds is 5. The maximum atomic E-state index is 12.9. The number of primary amides is 1. The molecule has 29 heavy (non-hydrogen) atoms. The van der Waals surface area contributed by atoms with Crippen molar-refractivity contribution in [3.63, 3.8) is 0 Å². The molecule has 0 aliphatic carbocycles. The molecule has 2 unspecified atom stereocenters. The van der Waals surface area contributed by atoms with Crippen molar-refractivity contribution in [2.24, 2.45) is 11.7 Å². The Labute approximate surface area is 176 Å². The quantitative estimate of drug-likeness (QED) is 0.773. The van der Waals surface area contributed by atoms with E-state index >= 15 is 0 Å². The second kappa shape index (κ2) is 9.59. The van der Waals surface area contributed by atoms with Gasteiger partial charge in [-0.25, -0.2) is 0 Å². The number of benzene rings is 1. The second-order valence-corrected chi connectivity index (χ2v) is 8.29. The highest BCUT2D eigenvalue weighted by Gasteiger charge is 2.33. The molecule has 2 heterocycles. The van der Waals surface area contributed by atoms with Gasteiger partial charge in [-0.05, 0) is 31.4 Å². The molecule has 2 aliphatic rings. The third kappa shape index (κ3) is 5.28. The van der Waals surface area contributed by atoms with E-state index in [1.165, 1.54) is 0 Å². The van der Waals surface area contributed by atoms with Crippen LogP contribution in [0.15, 0.2) is 24.3 Å². The Morgan fingerprint density at radius 1 is 1.10 bits per heavy atom. The lowest BCUT2D eigenvalue weighted by Gasteiger charge is -2.40. The van der Waals surface area contributed by atoms with Crippen LogP contribution in [0.2, 0.25) is 5.02 Å². The second-order valence-electron chi connectivity index (χ2n) is 7.89. The van der Waals surface area contributed by atoms with Gasteiger partial charge in [0, 0.05) is 44.3 Å². The lowest BCUT2D eigenvalue weighted by atomic mass is 9.97. The van der Waals surface area contributed by atoms with Crippen LogP contribution in [0, 0.1) is 5.92 Å². The van der Waals surface area contributed by atoms with Gasteiger partial charge in [-0.2, -0.15) is 0 Å². The molecule has 3 rings (SSSR count). The number of amides is 3. The monoisotopic (exact) mass is 420 g/mol. The van der Waals surface area contributed by atoms with Crippen LogP contribution in [0.4, 0.5) is 0 Å². The molecule has 2 aliphatic heterocycles. The van der Waals surface area contributed by atoms with Crippen LogP contribution in [0.1, 0.15) is 25.3 Å². The van der Waals surface area contributed by atoms with Gasteiger partial charge in [-0.1, -0.05) is 29.8 Å². The molecule has 2 atom stereocenters. The lowest BCUT2D eigenvalue weighted by Crippen LogP contribution is -2.57. The average molecular weight is 421 g/mol. The van der Waals surface area contributed by atoms with E-state index in [0.29, 0.717) is 44.3 Å². The van der Waals surface area contributed by atoms with Gasteiger partial charge in [0.1, 0.15) is 0 Å². The highest BCUT2D eigenvalue weighted by Crippen LogP contribution is 2.20. The van der Waals surface area contributed by atoms with Crippen LogP contribution >= 0.6 is 11.6 Å². The minimum atomic E-state index is -0.333. The first-order valence-corrected chi connectivity index (χ1v) is 10.6. The summed E-state index contributed by atoms with van der Waals surface area (Å²) < 4.78 is 0. The van der Waals surface area contributed by atoms with Crippen molar-refractivity contribution in [2.45, 2.75) is 32.2 Å². The van der Waals surface area contributed by atoms with E-state index in [9.17, 15) is 14.4 Å². The number of hydrogen-bond acceptors (Lipinski definition) is 4. The number of halogens is 1. The van der Waals surface area contributed by atoms with Gasteiger partial charge in [0.25, 0.3) is 0 Å². The highest BCUT2D eigenvalue weighted by atomic mass is 35.5. The summed E-state index contributed by atoms with van der Waals surface area (Å²) in [5.41, 5.74) is 6.26. The topological polar surface area (TPSA) is 86.9 Å². The third-order valence-electron chi connectivity index (χ3n) is 6.01. The molecule has 1 aromatic carbocycles. The molecule has 1 aromatic rings. The summed E-state index contributed by atoms with van der Waals surface area (Å²) in [6.07, 6.45) is 1.84. The predicted molar refractivity (Wildman–Crippen MR) is 111 cm³/mol. The summed E-state index contributed by atoms with van der Waals surface area (Å²) in [6.45, 7) is 5.45. The van der Waals surface area contributed by atoms with Crippen LogP contribution in [0.25, 0.3) is 0 Å². The number of likely N-dealkylation sites (tertiary alicyclic amines) is 1. The van der Waals surface area contributed by atoms with Gasteiger partial charge >= 0.3 is 0 Å². The summed E-state index contributed by atoms with van der Waals surface area (Å²) in [4.78, 5) is 42.7. The molecule has 0 bridgehead atoms. The highest BCUT2D eigenvalue weighted by molar-refractivity contribution is 6.31. The minimum absolute atomic E-state index is 0.0341. The summed E-state index contributed by atoms with van der Waals surface area (Å²) in [6, 6.07) is 7.11. The number of hydrogen-bond donors (Lipinski definition) is 1. The Balaban J connectivity index is 1.50. The first kappa shape index (κ1) is 21.6. The number of piperidine rings is 1. The molecule has 0 radical (unpaired) electrons. The van der Waals surface area contributed by atoms with Crippen LogP contribution in [-0.2, 0) is 20.8 Å². The Kier molecular flexibility index (Phi) is 7.14. The van der Waals surface area contributed by atoms with E-state index in [0.717, 1.165) is 18.4 Å². The molecular formula is C21H29ClN4O3. The first-order valence-electron chi connectivity index (χ1n) is 10.2. The zero-order valence-corrected chi connectivity index (χ0v) is 17.6. The normalized spacial score (nSPS) is 21.7. The molecule has 0 saturated carbocycles. The van der Waals surface area contributed by atoms with Gasteiger partial charge in [0.15, 0.2) is 0 Å². The van der Waals surface area contributed by atoms with Crippen molar-refractivity contribution < 1.29 is 14.4 Å². The van der Waals surface area contributed by atoms with Gasteiger partial charge in [-0.3, -0.25) is 19.3 Å². The Morgan fingerprint density at radius 2 is 1.79 bits per heavy atom. The fourth-order valence-corrected chi connectivity index (χ4v) is 4.31. The molecule has 0 aromatic heterocycles. The summed E-state index contributed by atoms with van der Waals surface area (Å²) in [5.74, 6) is -0.496. The van der Waals surface area contributed by atoms with Gasteiger partial charge in [0.05, 0.1) is 18.4 Å². The number of nitrogens with two attached hydrogens (primary N) is 1. The largest absolute Gasteiger partial charge is 0.369 e. The maximum Gasteiger partial charge on any atom is 0.239 e. The Bertz CT molecular complexity index is 764. The van der Waals surface area contributed by atoms with Crippen molar-refractivity contribution in [1.29, 1.82) is 0 Å². The molecule has 0 spiro atoms. The molecular weight excluding hydrogens is 392 g/mol. The van der Waals surface area contributed by atoms with Crippen molar-refractivity contribution in [2.75, 3.05) is 39.3 Å². The lowest BCUT2D eigenvalue weighted by molar-refractivity contribution is -0.141. The van der Waals surface area contributed by atoms with Crippen molar-refractivity contribution in [3.8, 4) is 0 Å². The Hall–Kier alpha value is -2.12. The van der Waals surface area contributed by atoms with Crippen LogP contribution < -0.4 is 5.73 Å². The molecule has 2 fully saturated rings. The zero-order chi connectivity index (χ0) is 21.0. The zero-order valence-electron chi connectivity index (χ0n) is 16.8. The van der Waals surface area contributed by atoms with E-state index in [-0.39, 0.29) is 36.1 Å². The standard InChI is InChI=1S/C21H29ClN4O3/c1-15(21(29)26-8-4-6-17(14-26)20(23)28)24-9-11-25(12-10-24)19(27)13-16-5-2-3-7-18(16)22/h2-3,5,7,15,17H,4,6,8-14H2,1H3,(H2,23,28). The SMILES string of the molecule is CC(C(=O)N1CCCC(C(N)=O)C1)N1CCN(C(=O)Cc2ccccc2Cl)CC1. The van der Waals surface area contributed by atoms with E-state index in [2.05, 4.69) is 4.90 Å². The average Bonchev–Trinajstić information content (AvgIpc) is 2.74. The molecule has 8 heteroatoms. The van der Waals surface area contributed by atoms with Crippen LogP contribution in [-0.4, -0.2) is 77.7 Å². The van der Waals surface area contributed by atoms with Crippen molar-refractivity contribution in [3.05, 3.63) is 34.9 Å². The predicted octanol–water partition coefficient (Wildman–Crippen LogP) is 1.14. The van der Waals surface area contributed by atoms with E-state index in [1.807, 2.05) is 30.0 Å². The number of nitrogens with zero attached hydrogens (tertiary/aromatic N) is 3. The van der Waals surface area contributed by atoms with Gasteiger partial charge in [-0.15, -0.1) is 0 Å². The van der Waals surface area contributed by atoms with Crippen LogP contribution in [0.5, 0.6) is 0 Å². The van der Waals surface area contributed by atoms with Crippen molar-refractivity contribution in [1.82, 2.24) is 14.7 Å². The summed E-state index contributed by atoms with van der Waals surface area (Å²) in [7, 11) is 0. The summed E-state index contributed by atoms with van der Waals surface area (Å²) >= 11 is 6.16. The minimum Gasteiger partial charge on any atom is -0.369 e.